The first-order valence-electron chi connectivity index (χ1n) is 11.4. The molecule has 0 amide bonds. The second-order valence-corrected chi connectivity index (χ2v) is 10.2. The number of aliphatic hydroxyl groups is 1. The molecule has 3 nitrogen and oxygen atoms in total. The highest BCUT2D eigenvalue weighted by molar-refractivity contribution is 5.93. The van der Waals surface area contributed by atoms with Gasteiger partial charge in [0.05, 0.1) is 0 Å². The molecule has 0 bridgehead atoms. The van der Waals surface area contributed by atoms with Gasteiger partial charge in [0.1, 0.15) is 11.4 Å². The van der Waals surface area contributed by atoms with Crippen LogP contribution >= 0.6 is 0 Å². The lowest BCUT2D eigenvalue weighted by atomic mass is 9.50. The number of benzene rings is 1. The first kappa shape index (κ1) is 21.4. The molecule has 2 saturated carbocycles. The molecule has 5 atom stereocenters. The van der Waals surface area contributed by atoms with Crippen molar-refractivity contribution < 1.29 is 23.8 Å². The zero-order chi connectivity index (χ0) is 22.9. The van der Waals surface area contributed by atoms with Gasteiger partial charge in [-0.1, -0.05) is 24.6 Å². The van der Waals surface area contributed by atoms with Crippen molar-refractivity contribution in [2.45, 2.75) is 69.3 Å². The van der Waals surface area contributed by atoms with Crippen molar-refractivity contribution >= 4 is 5.78 Å². The number of allylic oxidation sites excluding steroid dienone is 4. The van der Waals surface area contributed by atoms with Crippen LogP contribution in [0.25, 0.3) is 0 Å². The van der Waals surface area contributed by atoms with Crippen LogP contribution in [-0.2, 0) is 4.79 Å². The minimum Gasteiger partial charge on any atom is -0.508 e. The number of phenols is 1. The number of hydrogen-bond acceptors (Lipinski definition) is 3. The Balaban J connectivity index is 1.70. The molecular weight excluding hydrogens is 410 g/mol. The summed E-state index contributed by atoms with van der Waals surface area (Å²) in [6.07, 6.45) is 10.5. The number of hydrogen-bond donors (Lipinski definition) is 2. The van der Waals surface area contributed by atoms with Gasteiger partial charge in [-0.3, -0.25) is 4.79 Å². The zero-order valence-electron chi connectivity index (χ0n) is 18.2. The number of alkyl halides is 2. The fourth-order valence-electron chi connectivity index (χ4n) is 7.31. The Morgan fingerprint density at radius 2 is 1.88 bits per heavy atom. The minimum atomic E-state index is -3.61. The first-order chi connectivity index (χ1) is 15.1. The standard InChI is InChI=1S/C27H28F2O3/c1-3-27(28,29)26(32)13-12-23-21-10-6-17-14-19(31)9-11-20(17)24(21)22(15-25(23,26)2)16-4-7-18(30)8-5-16/h1,4-5,7-8,14,21-23,30,32H,6,9-13,15H2,2H3/t21-,22-,23-,25-,26-/m0/s1. The number of aromatic hydroxyl groups is 1. The summed E-state index contributed by atoms with van der Waals surface area (Å²) in [4.78, 5) is 12.1. The number of carbonyl (C=O) groups is 1. The quantitative estimate of drug-likeness (QED) is 0.617. The summed E-state index contributed by atoms with van der Waals surface area (Å²) in [5.74, 6) is -1.93. The summed E-state index contributed by atoms with van der Waals surface area (Å²) >= 11 is 0. The molecule has 0 saturated heterocycles. The molecule has 1 aromatic rings. The predicted octanol–water partition coefficient (Wildman–Crippen LogP) is 5.29. The van der Waals surface area contributed by atoms with Gasteiger partial charge in [-0.15, -0.1) is 6.42 Å². The maximum atomic E-state index is 15.0. The smallest absolute Gasteiger partial charge is 0.336 e. The Labute approximate surface area is 187 Å². The maximum Gasteiger partial charge on any atom is 0.336 e. The molecule has 4 aliphatic carbocycles. The van der Waals surface area contributed by atoms with Crippen molar-refractivity contribution in [3.63, 3.8) is 0 Å². The van der Waals surface area contributed by atoms with Crippen LogP contribution in [0.3, 0.4) is 0 Å². The Hall–Kier alpha value is -2.45. The summed E-state index contributed by atoms with van der Waals surface area (Å²) < 4.78 is 30.0. The molecule has 2 fully saturated rings. The SMILES string of the molecule is C#CC(F)(F)[C@]1(O)CC[C@H]2[C@@H]3CCC4=CC(=O)CCC4=C3[C@H](c3ccc(O)cc3)C[C@@]21C. The van der Waals surface area contributed by atoms with Crippen molar-refractivity contribution in [1.82, 2.24) is 0 Å². The van der Waals surface area contributed by atoms with Gasteiger partial charge in [0.25, 0.3) is 0 Å². The van der Waals surface area contributed by atoms with E-state index in [1.807, 2.05) is 12.1 Å². The van der Waals surface area contributed by atoms with Crippen molar-refractivity contribution in [2.75, 3.05) is 0 Å². The average Bonchev–Trinajstić information content (AvgIpc) is 3.05. The number of fused-ring (bicyclic) bond motifs is 4. The summed E-state index contributed by atoms with van der Waals surface area (Å²) in [7, 11) is 0. The minimum absolute atomic E-state index is 0.0199. The molecule has 32 heavy (non-hydrogen) atoms. The van der Waals surface area contributed by atoms with Crippen molar-refractivity contribution in [1.29, 1.82) is 0 Å². The highest BCUT2D eigenvalue weighted by Crippen LogP contribution is 2.69. The van der Waals surface area contributed by atoms with Gasteiger partial charge in [-0.2, -0.15) is 8.78 Å². The molecule has 2 N–H and O–H groups in total. The molecule has 0 aliphatic heterocycles. The van der Waals surface area contributed by atoms with Crippen LogP contribution in [0.5, 0.6) is 5.75 Å². The lowest BCUT2D eigenvalue weighted by molar-refractivity contribution is -0.209. The predicted molar refractivity (Wildman–Crippen MR) is 117 cm³/mol. The number of ketones is 1. The molecule has 0 spiro atoms. The van der Waals surface area contributed by atoms with Gasteiger partial charge in [-0.05, 0) is 91.2 Å². The molecule has 1 aromatic carbocycles. The summed E-state index contributed by atoms with van der Waals surface area (Å²) in [6.45, 7) is 1.79. The van der Waals surface area contributed by atoms with Gasteiger partial charge < -0.3 is 10.2 Å². The topological polar surface area (TPSA) is 57.5 Å². The summed E-state index contributed by atoms with van der Waals surface area (Å²) in [6, 6.07) is 6.91. The van der Waals surface area contributed by atoms with E-state index in [-0.39, 0.29) is 35.7 Å². The average molecular weight is 439 g/mol. The molecular formula is C27H28F2O3. The Morgan fingerprint density at radius 1 is 1.16 bits per heavy atom. The fraction of sp³-hybridized carbons (Fsp3) is 0.519. The van der Waals surface area contributed by atoms with Gasteiger partial charge in [0.2, 0.25) is 0 Å². The summed E-state index contributed by atoms with van der Waals surface area (Å²) in [5.41, 5.74) is 1.17. The van der Waals surface area contributed by atoms with E-state index in [1.165, 1.54) is 11.1 Å². The van der Waals surface area contributed by atoms with Crippen LogP contribution in [0.2, 0.25) is 0 Å². The highest BCUT2D eigenvalue weighted by atomic mass is 19.3. The normalized spacial score (nSPS) is 36.7. The van der Waals surface area contributed by atoms with E-state index in [2.05, 4.69) is 0 Å². The third-order valence-corrected chi connectivity index (χ3v) is 8.88. The van der Waals surface area contributed by atoms with Crippen LogP contribution in [0.1, 0.15) is 63.4 Å². The number of carbonyl (C=O) groups excluding carboxylic acids is 1. The molecule has 0 radical (unpaired) electrons. The largest absolute Gasteiger partial charge is 0.508 e. The monoisotopic (exact) mass is 438 g/mol. The Morgan fingerprint density at radius 3 is 2.56 bits per heavy atom. The second-order valence-electron chi connectivity index (χ2n) is 10.2. The Kier molecular flexibility index (Phi) is 4.70. The fourth-order valence-corrected chi connectivity index (χ4v) is 7.31. The van der Waals surface area contributed by atoms with Crippen LogP contribution in [-0.4, -0.2) is 27.5 Å². The van der Waals surface area contributed by atoms with Crippen molar-refractivity contribution in [3.8, 4) is 18.1 Å². The van der Waals surface area contributed by atoms with E-state index >= 15 is 0 Å². The molecule has 4 aliphatic rings. The van der Waals surface area contributed by atoms with Gasteiger partial charge in [0.15, 0.2) is 5.78 Å². The maximum absolute atomic E-state index is 15.0. The second kappa shape index (κ2) is 7.02. The lowest BCUT2D eigenvalue weighted by Gasteiger charge is -2.55. The lowest BCUT2D eigenvalue weighted by Crippen LogP contribution is -2.59. The van der Waals surface area contributed by atoms with Crippen LogP contribution in [0, 0.1) is 29.6 Å². The van der Waals surface area contributed by atoms with Gasteiger partial charge >= 0.3 is 5.92 Å². The molecule has 0 unspecified atom stereocenters. The van der Waals surface area contributed by atoms with E-state index in [4.69, 9.17) is 6.42 Å². The van der Waals surface area contributed by atoms with E-state index in [9.17, 15) is 23.8 Å². The number of rotatable bonds is 2. The Bertz CT molecular complexity index is 1080. The van der Waals surface area contributed by atoms with Crippen molar-refractivity contribution in [2.24, 2.45) is 17.3 Å². The molecule has 5 heteroatoms. The van der Waals surface area contributed by atoms with Gasteiger partial charge in [0, 0.05) is 17.8 Å². The number of phenolic OH excluding ortho intramolecular Hbond substituents is 1. The van der Waals surface area contributed by atoms with Crippen LogP contribution in [0.15, 0.2) is 47.1 Å². The number of terminal acetylenes is 1. The van der Waals surface area contributed by atoms with Crippen LogP contribution < -0.4 is 0 Å². The molecule has 5 rings (SSSR count). The number of halogens is 2. The third kappa shape index (κ3) is 2.78. The molecule has 0 heterocycles. The van der Waals surface area contributed by atoms with E-state index < -0.39 is 16.9 Å². The molecule has 0 aromatic heterocycles. The highest BCUT2D eigenvalue weighted by Gasteiger charge is 2.71. The molecule has 168 valence electrons. The zero-order valence-corrected chi connectivity index (χ0v) is 18.2. The van der Waals surface area contributed by atoms with Crippen molar-refractivity contribution in [3.05, 3.63) is 52.6 Å². The van der Waals surface area contributed by atoms with E-state index in [0.717, 1.165) is 24.0 Å². The third-order valence-electron chi connectivity index (χ3n) is 8.88. The van der Waals surface area contributed by atoms with Gasteiger partial charge in [-0.25, -0.2) is 0 Å². The van der Waals surface area contributed by atoms with E-state index in [0.29, 0.717) is 25.7 Å². The van der Waals surface area contributed by atoms with Crippen LogP contribution in [0.4, 0.5) is 8.78 Å². The summed E-state index contributed by atoms with van der Waals surface area (Å²) in [5, 5.41) is 21.2. The van der Waals surface area contributed by atoms with E-state index in [1.54, 1.807) is 31.1 Å². The first-order valence-corrected chi connectivity index (χ1v) is 11.4.